The Kier molecular flexibility index (Phi) is 4.34. The Balaban J connectivity index is 1.65. The molecule has 3 rings (SSSR count). The van der Waals surface area contributed by atoms with Gasteiger partial charge in [0.1, 0.15) is 11.6 Å². The lowest BCUT2D eigenvalue weighted by Gasteiger charge is -2.32. The number of carbonyl (C=O) groups is 1. The van der Waals surface area contributed by atoms with Gasteiger partial charge in [-0.3, -0.25) is 4.79 Å². The van der Waals surface area contributed by atoms with Crippen LogP contribution in [0.4, 0.5) is 0 Å². The molecule has 0 radical (unpaired) electrons. The van der Waals surface area contributed by atoms with Gasteiger partial charge < -0.3 is 15.0 Å². The topological polar surface area (TPSA) is 69.2 Å². The van der Waals surface area contributed by atoms with Gasteiger partial charge in [0.2, 0.25) is 5.91 Å². The number of halogens is 1. The van der Waals surface area contributed by atoms with E-state index in [4.69, 9.17) is 11.6 Å². The zero-order chi connectivity index (χ0) is 15.5. The number of nitrogens with one attached hydrogen (secondary N) is 1. The maximum Gasteiger partial charge on any atom is 0.227 e. The normalized spacial score (nSPS) is 18.4. The van der Waals surface area contributed by atoms with Crippen LogP contribution in [0.2, 0.25) is 5.02 Å². The molecule has 1 aromatic heterocycles. The first-order valence-electron chi connectivity index (χ1n) is 7.38. The molecule has 22 heavy (non-hydrogen) atoms. The Bertz CT molecular complexity index is 657. The van der Waals surface area contributed by atoms with E-state index >= 15 is 0 Å². The van der Waals surface area contributed by atoms with Crippen molar-refractivity contribution in [2.24, 2.45) is 0 Å². The summed E-state index contributed by atoms with van der Waals surface area (Å²) in [5, 5.41) is 9.70. The molecule has 0 bridgehead atoms. The number of imidazole rings is 1. The van der Waals surface area contributed by atoms with Gasteiger partial charge in [-0.25, -0.2) is 4.98 Å². The highest BCUT2D eigenvalue weighted by Crippen LogP contribution is 2.26. The molecule has 1 amide bonds. The molecular formula is C16H18ClN3O2. The van der Waals surface area contributed by atoms with Gasteiger partial charge >= 0.3 is 0 Å². The number of phenols is 1. The van der Waals surface area contributed by atoms with Crippen LogP contribution in [0.15, 0.2) is 30.6 Å². The third-order valence-electron chi connectivity index (χ3n) is 4.05. The molecule has 1 aliphatic rings. The monoisotopic (exact) mass is 319 g/mol. The van der Waals surface area contributed by atoms with Crippen LogP contribution in [-0.4, -0.2) is 39.0 Å². The number of carbonyl (C=O) groups excluding carboxylic acids is 1. The van der Waals surface area contributed by atoms with Crippen LogP contribution in [0.1, 0.15) is 30.1 Å². The minimum atomic E-state index is 0.0359. The van der Waals surface area contributed by atoms with Gasteiger partial charge in [-0.2, -0.15) is 0 Å². The number of hydrogen-bond donors (Lipinski definition) is 2. The minimum Gasteiger partial charge on any atom is -0.506 e. The molecule has 6 heteroatoms. The van der Waals surface area contributed by atoms with Crippen LogP contribution in [0.5, 0.6) is 5.75 Å². The highest BCUT2D eigenvalue weighted by Gasteiger charge is 2.26. The smallest absolute Gasteiger partial charge is 0.227 e. The van der Waals surface area contributed by atoms with Gasteiger partial charge in [0, 0.05) is 31.4 Å². The number of benzene rings is 1. The number of piperidine rings is 1. The molecule has 0 unspecified atom stereocenters. The van der Waals surface area contributed by atoms with Crippen LogP contribution in [-0.2, 0) is 11.2 Å². The predicted octanol–water partition coefficient (Wildman–Crippen LogP) is 2.72. The first kappa shape index (κ1) is 14.9. The van der Waals surface area contributed by atoms with Crippen LogP contribution < -0.4 is 0 Å². The molecule has 2 heterocycles. The molecule has 1 aliphatic heterocycles. The quantitative estimate of drug-likeness (QED) is 0.914. The Morgan fingerprint density at radius 3 is 3.09 bits per heavy atom. The van der Waals surface area contributed by atoms with Crippen molar-refractivity contribution >= 4 is 17.5 Å². The zero-order valence-corrected chi connectivity index (χ0v) is 12.9. The number of amides is 1. The van der Waals surface area contributed by atoms with E-state index in [9.17, 15) is 9.90 Å². The number of rotatable bonds is 3. The van der Waals surface area contributed by atoms with Crippen molar-refractivity contribution in [2.45, 2.75) is 25.2 Å². The molecule has 1 fully saturated rings. The Morgan fingerprint density at radius 1 is 1.50 bits per heavy atom. The fourth-order valence-corrected chi connectivity index (χ4v) is 3.08. The predicted molar refractivity (Wildman–Crippen MR) is 84.0 cm³/mol. The van der Waals surface area contributed by atoms with Gasteiger partial charge in [-0.05, 0) is 30.5 Å². The molecule has 1 saturated heterocycles. The lowest BCUT2D eigenvalue weighted by Crippen LogP contribution is -2.40. The molecular weight excluding hydrogens is 302 g/mol. The fourth-order valence-electron chi connectivity index (χ4n) is 2.87. The third kappa shape index (κ3) is 3.25. The van der Waals surface area contributed by atoms with E-state index < -0.39 is 0 Å². The SMILES string of the molecule is O=C(Cc1ccc(O)c(Cl)c1)N1CCC[C@@H](c2ncc[nH]2)C1. The number of nitrogens with zero attached hydrogens (tertiary/aromatic N) is 2. The van der Waals surface area contributed by atoms with Crippen molar-refractivity contribution in [2.75, 3.05) is 13.1 Å². The highest BCUT2D eigenvalue weighted by molar-refractivity contribution is 6.32. The largest absolute Gasteiger partial charge is 0.506 e. The lowest BCUT2D eigenvalue weighted by atomic mass is 9.97. The first-order chi connectivity index (χ1) is 10.6. The van der Waals surface area contributed by atoms with Gasteiger partial charge in [-0.15, -0.1) is 0 Å². The van der Waals surface area contributed by atoms with Crippen molar-refractivity contribution in [1.82, 2.24) is 14.9 Å². The van der Waals surface area contributed by atoms with Crippen molar-refractivity contribution in [1.29, 1.82) is 0 Å². The second-order valence-electron chi connectivity index (χ2n) is 5.62. The average molecular weight is 320 g/mol. The van der Waals surface area contributed by atoms with Gasteiger partial charge in [-0.1, -0.05) is 17.7 Å². The molecule has 2 N–H and O–H groups in total. The molecule has 1 atom stereocenters. The second-order valence-corrected chi connectivity index (χ2v) is 6.02. The summed E-state index contributed by atoms with van der Waals surface area (Å²) in [4.78, 5) is 21.8. The van der Waals surface area contributed by atoms with Gasteiger partial charge in [0.15, 0.2) is 0 Å². The summed E-state index contributed by atoms with van der Waals surface area (Å²) in [5.74, 6) is 1.34. The van der Waals surface area contributed by atoms with Crippen LogP contribution in [0, 0.1) is 0 Å². The number of likely N-dealkylation sites (tertiary alicyclic amines) is 1. The van der Waals surface area contributed by atoms with Crippen LogP contribution in [0.25, 0.3) is 0 Å². The van der Waals surface area contributed by atoms with E-state index in [0.717, 1.165) is 30.8 Å². The molecule has 116 valence electrons. The third-order valence-corrected chi connectivity index (χ3v) is 4.35. The number of hydrogen-bond acceptors (Lipinski definition) is 3. The van der Waals surface area contributed by atoms with Crippen molar-refractivity contribution < 1.29 is 9.90 Å². The average Bonchev–Trinajstić information content (AvgIpc) is 3.05. The van der Waals surface area contributed by atoms with E-state index in [1.807, 2.05) is 11.1 Å². The maximum atomic E-state index is 12.5. The highest BCUT2D eigenvalue weighted by atomic mass is 35.5. The Morgan fingerprint density at radius 2 is 2.36 bits per heavy atom. The van der Waals surface area contributed by atoms with E-state index in [0.29, 0.717) is 13.0 Å². The number of H-pyrrole nitrogens is 1. The Hall–Kier alpha value is -2.01. The number of aromatic amines is 1. The van der Waals surface area contributed by atoms with Crippen molar-refractivity contribution in [3.05, 3.63) is 47.0 Å². The molecule has 2 aromatic rings. The second kappa shape index (κ2) is 6.40. The number of aromatic nitrogens is 2. The summed E-state index contributed by atoms with van der Waals surface area (Å²) < 4.78 is 0. The summed E-state index contributed by atoms with van der Waals surface area (Å²) in [7, 11) is 0. The van der Waals surface area contributed by atoms with E-state index in [2.05, 4.69) is 9.97 Å². The Labute approximate surface area is 133 Å². The van der Waals surface area contributed by atoms with E-state index in [1.165, 1.54) is 6.07 Å². The first-order valence-corrected chi connectivity index (χ1v) is 7.75. The number of aromatic hydroxyl groups is 1. The zero-order valence-electron chi connectivity index (χ0n) is 12.1. The summed E-state index contributed by atoms with van der Waals surface area (Å²) in [5.41, 5.74) is 0.813. The van der Waals surface area contributed by atoms with Crippen LogP contribution in [0.3, 0.4) is 0 Å². The van der Waals surface area contributed by atoms with Crippen molar-refractivity contribution in [3.8, 4) is 5.75 Å². The fraction of sp³-hybridized carbons (Fsp3) is 0.375. The number of phenolic OH excluding ortho intramolecular Hbond substituents is 1. The summed E-state index contributed by atoms with van der Waals surface area (Å²) >= 11 is 5.89. The maximum absolute atomic E-state index is 12.5. The molecule has 0 aliphatic carbocycles. The van der Waals surface area contributed by atoms with Gasteiger partial charge in [0.05, 0.1) is 11.4 Å². The molecule has 0 saturated carbocycles. The minimum absolute atomic E-state index is 0.0359. The summed E-state index contributed by atoms with van der Waals surface area (Å²) in [6.07, 6.45) is 5.88. The molecule has 5 nitrogen and oxygen atoms in total. The molecule has 1 aromatic carbocycles. The van der Waals surface area contributed by atoms with E-state index in [-0.39, 0.29) is 22.6 Å². The van der Waals surface area contributed by atoms with Gasteiger partial charge in [0.25, 0.3) is 0 Å². The summed E-state index contributed by atoms with van der Waals surface area (Å²) in [6.45, 7) is 1.47. The standard InChI is InChI=1S/C16H18ClN3O2/c17-13-8-11(3-4-14(13)21)9-15(22)20-7-1-2-12(10-20)16-18-5-6-19-16/h3-6,8,12,21H,1-2,7,9-10H2,(H,18,19)/t12-/m1/s1. The van der Waals surface area contributed by atoms with Crippen molar-refractivity contribution in [3.63, 3.8) is 0 Å². The summed E-state index contributed by atoms with van der Waals surface area (Å²) in [6, 6.07) is 4.89. The lowest BCUT2D eigenvalue weighted by molar-refractivity contribution is -0.131. The van der Waals surface area contributed by atoms with Crippen LogP contribution >= 0.6 is 11.6 Å². The van der Waals surface area contributed by atoms with E-state index in [1.54, 1.807) is 18.3 Å². The molecule has 0 spiro atoms.